The number of hydrogen-bond acceptors (Lipinski definition) is 6. The molecule has 3 rings (SSSR count). The van der Waals surface area contributed by atoms with Crippen LogP contribution >= 0.6 is 0 Å². The van der Waals surface area contributed by atoms with Gasteiger partial charge in [-0.1, -0.05) is 6.08 Å². The van der Waals surface area contributed by atoms with Gasteiger partial charge in [0, 0.05) is 36.0 Å². The van der Waals surface area contributed by atoms with Gasteiger partial charge in [0.25, 0.3) is 5.91 Å². The largest absolute Gasteiger partial charge is 0.401 e. The van der Waals surface area contributed by atoms with Crippen molar-refractivity contribution in [1.82, 2.24) is 15.3 Å². The normalized spacial score (nSPS) is 16.3. The van der Waals surface area contributed by atoms with Crippen molar-refractivity contribution in [2.45, 2.75) is 43.9 Å². The lowest BCUT2D eigenvalue weighted by atomic mass is 10.1. The molecule has 1 aliphatic carbocycles. The Labute approximate surface area is 192 Å². The third-order valence-electron chi connectivity index (χ3n) is 5.18. The van der Waals surface area contributed by atoms with Crippen molar-refractivity contribution in [2.75, 3.05) is 11.6 Å². The van der Waals surface area contributed by atoms with Gasteiger partial charge < -0.3 is 10.6 Å². The van der Waals surface area contributed by atoms with Crippen LogP contribution in [0.15, 0.2) is 35.9 Å². The number of rotatable bonds is 8. The summed E-state index contributed by atoms with van der Waals surface area (Å²) in [5, 5.41) is 5.96. The van der Waals surface area contributed by atoms with E-state index in [1.807, 2.05) is 0 Å². The Morgan fingerprint density at radius 3 is 2.53 bits per heavy atom. The molecule has 0 unspecified atom stereocenters. The molecule has 1 aliphatic rings. The molecule has 1 aromatic carbocycles. The minimum absolute atomic E-state index is 0.132. The van der Waals surface area contributed by atoms with Gasteiger partial charge in [0.1, 0.15) is 34.3 Å². The third-order valence-corrected chi connectivity index (χ3v) is 5.83. The van der Waals surface area contributed by atoms with Gasteiger partial charge in [-0.25, -0.2) is 27.2 Å². The molecule has 34 heavy (non-hydrogen) atoms. The fourth-order valence-electron chi connectivity index (χ4n) is 3.12. The third kappa shape index (κ3) is 5.88. The molecular formula is C21H21F5N4O3S. The Kier molecular flexibility index (Phi) is 6.97. The first-order chi connectivity index (χ1) is 15.7. The van der Waals surface area contributed by atoms with Crippen LogP contribution in [0, 0.1) is 11.6 Å². The number of carbonyl (C=O) groups excluding carboxylic acids is 1. The lowest BCUT2D eigenvalue weighted by Crippen LogP contribution is -2.34. The molecule has 1 saturated carbocycles. The van der Waals surface area contributed by atoms with E-state index in [1.165, 1.54) is 13.0 Å². The summed E-state index contributed by atoms with van der Waals surface area (Å²) in [6, 6.07) is 1.94. The fraction of sp³-hybridized carbons (Fsp3) is 0.381. The molecule has 0 spiro atoms. The van der Waals surface area contributed by atoms with E-state index in [4.69, 9.17) is 0 Å². The van der Waals surface area contributed by atoms with Crippen molar-refractivity contribution in [3.63, 3.8) is 0 Å². The van der Waals surface area contributed by atoms with E-state index < -0.39 is 50.8 Å². The van der Waals surface area contributed by atoms with Crippen LogP contribution in [0.25, 0.3) is 0 Å². The van der Waals surface area contributed by atoms with Crippen LogP contribution in [0.3, 0.4) is 0 Å². The standard InChI is InChI=1S/C21H21F5N4O3S/c1-12(5-8-34(2,32)33)29-18(31)15-11-28-19(20(6-7-20)21(24,25)26)30-17(15)27-10-13-9-14(22)3-4-16(13)23/h3-5,8-9,11-12H,6-7,10H2,1-2H3,(H,29,31)(H,27,28,30)/b8-5+/t12-/m0/s1. The summed E-state index contributed by atoms with van der Waals surface area (Å²) >= 11 is 0. The Bertz CT molecular complexity index is 1230. The van der Waals surface area contributed by atoms with E-state index in [0.717, 1.165) is 36.1 Å². The average molecular weight is 504 g/mol. The molecule has 1 atom stereocenters. The van der Waals surface area contributed by atoms with Crippen LogP contribution in [0.1, 0.15) is 41.5 Å². The quantitative estimate of drug-likeness (QED) is 0.533. The molecule has 1 heterocycles. The summed E-state index contributed by atoms with van der Waals surface area (Å²) in [6.07, 6.45) is -1.94. The van der Waals surface area contributed by atoms with Crippen LogP contribution in [0.4, 0.5) is 27.8 Å². The number of amides is 1. The topological polar surface area (TPSA) is 101 Å². The molecule has 0 radical (unpaired) electrons. The van der Waals surface area contributed by atoms with Gasteiger partial charge in [0.15, 0.2) is 9.84 Å². The van der Waals surface area contributed by atoms with Gasteiger partial charge in [0.2, 0.25) is 0 Å². The zero-order valence-electron chi connectivity index (χ0n) is 18.1. The highest BCUT2D eigenvalue weighted by atomic mass is 32.2. The summed E-state index contributed by atoms with van der Waals surface area (Å²) in [6.45, 7) is 1.11. The Morgan fingerprint density at radius 2 is 1.94 bits per heavy atom. The van der Waals surface area contributed by atoms with Gasteiger partial charge in [-0.2, -0.15) is 13.2 Å². The minimum atomic E-state index is -4.60. The van der Waals surface area contributed by atoms with E-state index in [2.05, 4.69) is 20.6 Å². The molecule has 2 N–H and O–H groups in total. The smallest absolute Gasteiger partial charge is 0.365 e. The average Bonchev–Trinajstić information content (AvgIpc) is 3.54. The Balaban J connectivity index is 1.92. The van der Waals surface area contributed by atoms with Gasteiger partial charge >= 0.3 is 6.18 Å². The zero-order chi connectivity index (χ0) is 25.3. The van der Waals surface area contributed by atoms with Crippen molar-refractivity contribution in [3.05, 3.63) is 64.5 Å². The number of sulfone groups is 1. The maximum Gasteiger partial charge on any atom is 0.401 e. The van der Waals surface area contributed by atoms with Crippen molar-refractivity contribution in [2.24, 2.45) is 0 Å². The minimum Gasteiger partial charge on any atom is -0.365 e. The SMILES string of the molecule is C[C@@H](/C=C/S(C)(=O)=O)NC(=O)c1cnc(C2(C(F)(F)F)CC2)nc1NCc1cc(F)ccc1F. The monoisotopic (exact) mass is 504 g/mol. The Morgan fingerprint density at radius 1 is 1.26 bits per heavy atom. The molecule has 0 aliphatic heterocycles. The number of nitrogens with zero attached hydrogens (tertiary/aromatic N) is 2. The van der Waals surface area contributed by atoms with Crippen molar-refractivity contribution < 1.29 is 35.2 Å². The number of anilines is 1. The first kappa shape index (κ1) is 25.5. The lowest BCUT2D eigenvalue weighted by Gasteiger charge is -2.20. The van der Waals surface area contributed by atoms with E-state index in [0.29, 0.717) is 0 Å². The predicted molar refractivity (Wildman–Crippen MR) is 114 cm³/mol. The van der Waals surface area contributed by atoms with Gasteiger partial charge in [-0.05, 0) is 38.0 Å². The summed E-state index contributed by atoms with van der Waals surface area (Å²) in [4.78, 5) is 20.4. The summed E-state index contributed by atoms with van der Waals surface area (Å²) < 4.78 is 90.6. The van der Waals surface area contributed by atoms with Crippen LogP contribution in [0.5, 0.6) is 0 Å². The van der Waals surface area contributed by atoms with E-state index in [-0.39, 0.29) is 36.3 Å². The second-order valence-electron chi connectivity index (χ2n) is 8.05. The van der Waals surface area contributed by atoms with E-state index >= 15 is 0 Å². The number of hydrogen-bond donors (Lipinski definition) is 2. The first-order valence-electron chi connectivity index (χ1n) is 10.0. The second-order valence-corrected chi connectivity index (χ2v) is 9.98. The second kappa shape index (κ2) is 9.28. The van der Waals surface area contributed by atoms with Crippen LogP contribution in [0.2, 0.25) is 0 Å². The zero-order valence-corrected chi connectivity index (χ0v) is 18.9. The van der Waals surface area contributed by atoms with Crippen LogP contribution in [-0.2, 0) is 21.8 Å². The van der Waals surface area contributed by atoms with Crippen LogP contribution < -0.4 is 10.6 Å². The molecular weight excluding hydrogens is 483 g/mol. The molecule has 184 valence electrons. The predicted octanol–water partition coefficient (Wildman–Crippen LogP) is 3.64. The van der Waals surface area contributed by atoms with E-state index in [1.54, 1.807) is 0 Å². The number of halogens is 5. The number of aromatic nitrogens is 2. The maximum atomic E-state index is 14.0. The maximum absolute atomic E-state index is 14.0. The molecule has 2 aromatic rings. The molecule has 1 aromatic heterocycles. The number of benzene rings is 1. The van der Waals surface area contributed by atoms with Gasteiger partial charge in [-0.15, -0.1) is 0 Å². The fourth-order valence-corrected chi connectivity index (χ4v) is 3.64. The number of alkyl halides is 3. The molecule has 0 saturated heterocycles. The van der Waals surface area contributed by atoms with Gasteiger partial charge in [0.05, 0.1) is 0 Å². The van der Waals surface area contributed by atoms with Crippen molar-refractivity contribution >= 4 is 21.6 Å². The molecule has 7 nitrogen and oxygen atoms in total. The summed E-state index contributed by atoms with van der Waals surface area (Å²) in [5.74, 6) is -3.14. The molecule has 1 amide bonds. The Hall–Kier alpha value is -3.09. The van der Waals surface area contributed by atoms with Crippen molar-refractivity contribution in [3.8, 4) is 0 Å². The first-order valence-corrected chi connectivity index (χ1v) is 12.0. The van der Waals surface area contributed by atoms with Crippen molar-refractivity contribution in [1.29, 1.82) is 0 Å². The molecule has 0 bridgehead atoms. The summed E-state index contributed by atoms with van der Waals surface area (Å²) in [5.41, 5.74) is -2.61. The molecule has 13 heteroatoms. The highest BCUT2D eigenvalue weighted by Crippen LogP contribution is 2.57. The van der Waals surface area contributed by atoms with Crippen LogP contribution in [-0.4, -0.2) is 42.8 Å². The van der Waals surface area contributed by atoms with Gasteiger partial charge in [-0.3, -0.25) is 4.79 Å². The molecule has 1 fully saturated rings. The highest BCUT2D eigenvalue weighted by molar-refractivity contribution is 7.93. The van der Waals surface area contributed by atoms with E-state index in [9.17, 15) is 35.2 Å². The highest BCUT2D eigenvalue weighted by Gasteiger charge is 2.66. The summed E-state index contributed by atoms with van der Waals surface area (Å²) in [7, 11) is -3.45. The number of carbonyl (C=O) groups is 1. The lowest BCUT2D eigenvalue weighted by molar-refractivity contribution is -0.162. The number of nitrogens with one attached hydrogen (secondary N) is 2.